The third kappa shape index (κ3) is 7.36. The first-order valence-electron chi connectivity index (χ1n) is 12.9. The normalized spacial score (nSPS) is 15.4. The molecule has 3 N–H and O–H groups in total. The molecule has 0 saturated carbocycles. The molecule has 0 aliphatic carbocycles. The Labute approximate surface area is 229 Å². The van der Waals surface area contributed by atoms with E-state index in [1.165, 1.54) is 0 Å². The van der Waals surface area contributed by atoms with Crippen molar-refractivity contribution in [2.45, 2.75) is 44.9 Å². The van der Waals surface area contributed by atoms with Crippen LogP contribution in [0, 0.1) is 6.92 Å². The zero-order valence-electron chi connectivity index (χ0n) is 21.9. The van der Waals surface area contributed by atoms with E-state index >= 15 is 0 Å². The number of hydrogen-bond donors (Lipinski definition) is 3. The van der Waals surface area contributed by atoms with Crippen molar-refractivity contribution in [3.63, 3.8) is 0 Å². The lowest BCUT2D eigenvalue weighted by Crippen LogP contribution is -2.31. The number of carbonyl (C=O) groups excluding carboxylic acids is 2. The number of benzene rings is 2. The SMILES string of the molecule is CNc1cc(CNCCCNC(=O)c2cccc(C(=O)N3CCC[C@@H]3c3nc(C)cs3)c2)cc(C(F)(F)F)c1. The highest BCUT2D eigenvalue weighted by atomic mass is 32.1. The molecule has 0 radical (unpaired) electrons. The third-order valence-corrected chi connectivity index (χ3v) is 7.62. The zero-order chi connectivity index (χ0) is 28.0. The van der Waals surface area contributed by atoms with Gasteiger partial charge >= 0.3 is 6.18 Å². The first-order chi connectivity index (χ1) is 18.7. The van der Waals surface area contributed by atoms with Gasteiger partial charge in [0.1, 0.15) is 5.01 Å². The quantitative estimate of drug-likeness (QED) is 0.290. The maximum Gasteiger partial charge on any atom is 0.416 e. The lowest BCUT2D eigenvalue weighted by Gasteiger charge is -2.23. The third-order valence-electron chi connectivity index (χ3n) is 6.56. The average molecular weight is 560 g/mol. The van der Waals surface area contributed by atoms with Crippen LogP contribution in [0.15, 0.2) is 47.8 Å². The maximum absolute atomic E-state index is 13.3. The van der Waals surface area contributed by atoms with Crippen LogP contribution in [-0.2, 0) is 12.7 Å². The number of aromatic nitrogens is 1. The molecule has 1 atom stereocenters. The fourth-order valence-electron chi connectivity index (χ4n) is 4.60. The van der Waals surface area contributed by atoms with E-state index in [9.17, 15) is 22.8 Å². The highest BCUT2D eigenvalue weighted by Gasteiger charge is 2.33. The van der Waals surface area contributed by atoms with Crippen LogP contribution in [0.1, 0.15) is 67.8 Å². The molecule has 1 aliphatic rings. The fraction of sp³-hybridized carbons (Fsp3) is 0.393. The summed E-state index contributed by atoms with van der Waals surface area (Å²) in [6.07, 6.45) is -2.04. The molecular weight excluding hydrogens is 527 g/mol. The molecule has 0 bridgehead atoms. The van der Waals surface area contributed by atoms with Gasteiger partial charge in [-0.05, 0) is 74.7 Å². The van der Waals surface area contributed by atoms with Gasteiger partial charge in [0, 0.05) is 54.6 Å². The van der Waals surface area contributed by atoms with Gasteiger partial charge in [0.2, 0.25) is 0 Å². The molecule has 208 valence electrons. The highest BCUT2D eigenvalue weighted by Crippen LogP contribution is 2.35. The van der Waals surface area contributed by atoms with E-state index in [0.717, 1.165) is 35.7 Å². The highest BCUT2D eigenvalue weighted by molar-refractivity contribution is 7.09. The van der Waals surface area contributed by atoms with E-state index in [4.69, 9.17) is 0 Å². The Balaban J connectivity index is 1.26. The Kier molecular flexibility index (Phi) is 9.24. The monoisotopic (exact) mass is 559 g/mol. The summed E-state index contributed by atoms with van der Waals surface area (Å²) in [5, 5.41) is 11.6. The van der Waals surface area contributed by atoms with Gasteiger partial charge in [-0.2, -0.15) is 13.2 Å². The summed E-state index contributed by atoms with van der Waals surface area (Å²) in [7, 11) is 1.58. The molecular formula is C28H32F3N5O2S. The molecule has 11 heteroatoms. The van der Waals surface area contributed by atoms with E-state index in [0.29, 0.717) is 48.4 Å². The van der Waals surface area contributed by atoms with E-state index in [1.807, 2.05) is 17.2 Å². The van der Waals surface area contributed by atoms with Crippen LogP contribution in [0.4, 0.5) is 18.9 Å². The summed E-state index contributed by atoms with van der Waals surface area (Å²) in [5.74, 6) is -0.394. The largest absolute Gasteiger partial charge is 0.416 e. The number of hydrogen-bond acceptors (Lipinski definition) is 6. The molecule has 1 aliphatic heterocycles. The standard InChI is InChI=1S/C28H32F3N5O2S/c1-18-17-39-26(35-18)24-8-4-11-36(24)27(38)21-7-3-6-20(14-21)25(37)34-10-5-9-33-16-19-12-22(28(29,30)31)15-23(13-19)32-2/h3,6-7,12-15,17,24,32-33H,4-5,8-11,16H2,1-2H3,(H,34,37)/t24-/m1/s1. The predicted octanol–water partition coefficient (Wildman–Crippen LogP) is 5.40. The zero-order valence-corrected chi connectivity index (χ0v) is 22.7. The van der Waals surface area contributed by atoms with E-state index in [1.54, 1.807) is 48.7 Å². The molecule has 3 aromatic rings. The van der Waals surface area contributed by atoms with Gasteiger partial charge in [-0.15, -0.1) is 11.3 Å². The summed E-state index contributed by atoms with van der Waals surface area (Å²) in [6.45, 7) is 3.76. The van der Waals surface area contributed by atoms with Gasteiger partial charge in [-0.3, -0.25) is 9.59 Å². The van der Waals surface area contributed by atoms with Crippen molar-refractivity contribution >= 4 is 28.8 Å². The van der Waals surface area contributed by atoms with Gasteiger partial charge in [0.05, 0.1) is 11.6 Å². The number of amides is 2. The van der Waals surface area contributed by atoms with Gasteiger partial charge in [-0.1, -0.05) is 6.07 Å². The van der Waals surface area contributed by atoms with Crippen molar-refractivity contribution in [2.75, 3.05) is 32.0 Å². The molecule has 4 rings (SSSR count). The summed E-state index contributed by atoms with van der Waals surface area (Å²) in [5.41, 5.74) is 2.03. The molecule has 2 amide bonds. The number of aryl methyl sites for hydroxylation is 1. The van der Waals surface area contributed by atoms with Crippen molar-refractivity contribution in [3.8, 4) is 0 Å². The first kappa shape index (κ1) is 28.6. The molecule has 39 heavy (non-hydrogen) atoms. The second-order valence-electron chi connectivity index (χ2n) is 9.52. The number of thiazole rings is 1. The van der Waals surface area contributed by atoms with Crippen LogP contribution in [-0.4, -0.2) is 48.4 Å². The molecule has 0 spiro atoms. The van der Waals surface area contributed by atoms with Crippen molar-refractivity contribution in [1.82, 2.24) is 20.5 Å². The minimum absolute atomic E-state index is 0.0399. The second kappa shape index (κ2) is 12.6. The summed E-state index contributed by atoms with van der Waals surface area (Å²) in [4.78, 5) is 32.4. The minimum Gasteiger partial charge on any atom is -0.388 e. The lowest BCUT2D eigenvalue weighted by atomic mass is 10.1. The van der Waals surface area contributed by atoms with Crippen LogP contribution in [0.5, 0.6) is 0 Å². The Hall–Kier alpha value is -3.44. The van der Waals surface area contributed by atoms with E-state index < -0.39 is 11.7 Å². The van der Waals surface area contributed by atoms with Crippen LogP contribution < -0.4 is 16.0 Å². The smallest absolute Gasteiger partial charge is 0.388 e. The number of halogens is 3. The van der Waals surface area contributed by atoms with Gasteiger partial charge in [-0.25, -0.2) is 4.98 Å². The maximum atomic E-state index is 13.3. The summed E-state index contributed by atoms with van der Waals surface area (Å²) in [6, 6.07) is 10.5. The van der Waals surface area contributed by atoms with Gasteiger partial charge in [0.25, 0.3) is 11.8 Å². The Bertz CT molecular complexity index is 1310. The predicted molar refractivity (Wildman–Crippen MR) is 146 cm³/mol. The van der Waals surface area contributed by atoms with Crippen LogP contribution >= 0.6 is 11.3 Å². The molecule has 7 nitrogen and oxygen atoms in total. The molecule has 1 fully saturated rings. The second-order valence-corrected chi connectivity index (χ2v) is 10.4. The molecule has 1 saturated heterocycles. The number of carbonyl (C=O) groups is 2. The molecule has 2 heterocycles. The van der Waals surface area contributed by atoms with Crippen LogP contribution in [0.3, 0.4) is 0 Å². The molecule has 2 aromatic carbocycles. The van der Waals surface area contributed by atoms with E-state index in [-0.39, 0.29) is 24.4 Å². The van der Waals surface area contributed by atoms with Gasteiger partial charge in [0.15, 0.2) is 0 Å². The van der Waals surface area contributed by atoms with Crippen molar-refractivity contribution < 1.29 is 22.8 Å². The van der Waals surface area contributed by atoms with Crippen LogP contribution in [0.25, 0.3) is 0 Å². The summed E-state index contributed by atoms with van der Waals surface area (Å²) >= 11 is 1.57. The Morgan fingerprint density at radius 2 is 1.92 bits per heavy atom. The molecule has 0 unspecified atom stereocenters. The number of likely N-dealkylation sites (tertiary alicyclic amines) is 1. The molecule has 1 aromatic heterocycles. The Morgan fingerprint density at radius 1 is 1.13 bits per heavy atom. The first-order valence-corrected chi connectivity index (χ1v) is 13.7. The summed E-state index contributed by atoms with van der Waals surface area (Å²) < 4.78 is 39.3. The number of alkyl halides is 3. The number of anilines is 1. The minimum atomic E-state index is -4.41. The van der Waals surface area contributed by atoms with Crippen molar-refractivity contribution in [2.24, 2.45) is 0 Å². The average Bonchev–Trinajstić information content (AvgIpc) is 3.58. The topological polar surface area (TPSA) is 86.4 Å². The number of nitrogens with zero attached hydrogens (tertiary/aromatic N) is 2. The van der Waals surface area contributed by atoms with Crippen molar-refractivity contribution in [1.29, 1.82) is 0 Å². The fourth-order valence-corrected chi connectivity index (χ4v) is 5.55. The lowest BCUT2D eigenvalue weighted by molar-refractivity contribution is -0.137. The van der Waals surface area contributed by atoms with Crippen LogP contribution in [0.2, 0.25) is 0 Å². The van der Waals surface area contributed by atoms with Gasteiger partial charge < -0.3 is 20.9 Å². The van der Waals surface area contributed by atoms with Crippen molar-refractivity contribution in [3.05, 3.63) is 80.8 Å². The number of rotatable bonds is 10. The number of nitrogens with one attached hydrogen (secondary N) is 3. The Morgan fingerprint density at radius 3 is 2.64 bits per heavy atom. The van der Waals surface area contributed by atoms with E-state index in [2.05, 4.69) is 20.9 Å².